The maximum Gasteiger partial charge on any atom is 0.407 e. The lowest BCUT2D eigenvalue weighted by atomic mass is 9.39. The van der Waals surface area contributed by atoms with Gasteiger partial charge in [-0.25, -0.2) is 14.6 Å². The summed E-state index contributed by atoms with van der Waals surface area (Å²) in [6, 6.07) is 26.0. The van der Waals surface area contributed by atoms with Crippen molar-refractivity contribution in [2.75, 3.05) is 24.2 Å². The van der Waals surface area contributed by atoms with Gasteiger partial charge in [0.15, 0.2) is 0 Å². The molecule has 3 saturated carbocycles. The first-order valence-electron chi connectivity index (χ1n) is 17.9. The van der Waals surface area contributed by atoms with Crippen molar-refractivity contribution in [1.29, 1.82) is 0 Å². The Labute approximate surface area is 311 Å². The van der Waals surface area contributed by atoms with E-state index in [1.807, 2.05) is 84.9 Å². The summed E-state index contributed by atoms with van der Waals surface area (Å²) in [4.78, 5) is 72.6. The highest BCUT2D eigenvalue weighted by molar-refractivity contribution is 6.06. The molecule has 13 nitrogen and oxygen atoms in total. The molecule has 5 aliphatic rings. The fourth-order valence-corrected chi connectivity index (χ4v) is 8.77. The molecule has 3 aromatic carbocycles. The number of nitrogens with one attached hydrogen (secondary N) is 3. The Hall–Kier alpha value is -6.24. The molecule has 13 heteroatoms. The third-order valence-electron chi connectivity index (χ3n) is 11.4. The number of rotatable bonds is 11. The molecule has 4 N–H and O–H groups in total. The van der Waals surface area contributed by atoms with Crippen molar-refractivity contribution in [1.82, 2.24) is 20.1 Å². The molecule has 1 aliphatic heterocycles. The Morgan fingerprint density at radius 2 is 1.59 bits per heavy atom. The number of nitrogens with zero attached hydrogens (tertiary/aromatic N) is 3. The minimum absolute atomic E-state index is 0.0865. The molecule has 4 aliphatic carbocycles. The number of fused-ring (bicyclic) bond motifs is 3. The first kappa shape index (κ1) is 34.8. The van der Waals surface area contributed by atoms with Gasteiger partial charge in [0.05, 0.1) is 10.8 Å². The molecular formula is C41H40N6O7. The Balaban J connectivity index is 0.963. The van der Waals surface area contributed by atoms with Crippen LogP contribution in [0, 0.1) is 5.41 Å². The molecule has 0 saturated heterocycles. The van der Waals surface area contributed by atoms with E-state index in [2.05, 4.69) is 20.9 Å². The second-order valence-corrected chi connectivity index (χ2v) is 15.2. The summed E-state index contributed by atoms with van der Waals surface area (Å²) in [6.07, 6.45) is 2.33. The van der Waals surface area contributed by atoms with Gasteiger partial charge in [-0.1, -0.05) is 66.7 Å². The lowest BCUT2D eigenvalue weighted by Gasteiger charge is -2.69. The van der Waals surface area contributed by atoms with Crippen molar-refractivity contribution in [3.05, 3.63) is 125 Å². The van der Waals surface area contributed by atoms with Gasteiger partial charge in [0.2, 0.25) is 17.7 Å². The van der Waals surface area contributed by atoms with E-state index in [1.54, 1.807) is 6.20 Å². The van der Waals surface area contributed by atoms with Crippen LogP contribution in [0.15, 0.2) is 91.1 Å². The molecule has 4 aromatic rings. The summed E-state index contributed by atoms with van der Waals surface area (Å²) >= 11 is 0. The quantitative estimate of drug-likeness (QED) is 0.167. The van der Waals surface area contributed by atoms with Gasteiger partial charge in [0.25, 0.3) is 0 Å². The second-order valence-electron chi connectivity index (χ2n) is 15.2. The number of carbonyl (C=O) groups is 5. The lowest BCUT2D eigenvalue weighted by molar-refractivity contribution is -0.190. The van der Waals surface area contributed by atoms with Gasteiger partial charge in [0, 0.05) is 43.1 Å². The monoisotopic (exact) mass is 728 g/mol. The predicted molar refractivity (Wildman–Crippen MR) is 197 cm³/mol. The topological polar surface area (TPSA) is 170 Å². The number of aromatic nitrogens is 1. The molecule has 0 unspecified atom stereocenters. The SMILES string of the molecule is CN(Cc1ccccc1CN(CC(=O)Nc1ccc2c(c1)C[C@@]1(C2)C(=O)Nc2ncccc21)C(=O)C12CC(NC(=O)OCc3ccccc3)(C1)C2)C(=O)O. The Morgan fingerprint density at radius 3 is 2.33 bits per heavy atom. The van der Waals surface area contributed by atoms with Crippen LogP contribution in [0.4, 0.5) is 21.1 Å². The van der Waals surface area contributed by atoms with E-state index in [0.29, 0.717) is 43.6 Å². The highest BCUT2D eigenvalue weighted by atomic mass is 16.5. The summed E-state index contributed by atoms with van der Waals surface area (Å²) in [5, 5.41) is 18.4. The second kappa shape index (κ2) is 13.3. The van der Waals surface area contributed by atoms with Crippen LogP contribution >= 0.6 is 0 Å². The number of hydrogen-bond acceptors (Lipinski definition) is 7. The zero-order chi connectivity index (χ0) is 37.7. The van der Waals surface area contributed by atoms with Crippen molar-refractivity contribution in [3.8, 4) is 0 Å². The van der Waals surface area contributed by atoms with Gasteiger partial charge in [-0.15, -0.1) is 0 Å². The molecule has 3 fully saturated rings. The molecule has 54 heavy (non-hydrogen) atoms. The summed E-state index contributed by atoms with van der Waals surface area (Å²) in [7, 11) is 1.47. The van der Waals surface area contributed by atoms with E-state index in [4.69, 9.17) is 4.74 Å². The fourth-order valence-electron chi connectivity index (χ4n) is 8.77. The van der Waals surface area contributed by atoms with Crippen LogP contribution in [0.5, 0.6) is 0 Å². The van der Waals surface area contributed by atoms with Crippen LogP contribution in [-0.4, -0.2) is 68.9 Å². The average Bonchev–Trinajstić information content (AvgIpc) is 3.64. The highest BCUT2D eigenvalue weighted by Crippen LogP contribution is 2.68. The first-order valence-corrected chi connectivity index (χ1v) is 17.9. The Kier molecular flexibility index (Phi) is 8.59. The van der Waals surface area contributed by atoms with Crippen molar-refractivity contribution >= 4 is 41.4 Å². The van der Waals surface area contributed by atoms with Crippen LogP contribution in [0.1, 0.15) is 52.6 Å². The van der Waals surface area contributed by atoms with Crippen LogP contribution in [0.25, 0.3) is 0 Å². The molecule has 9 rings (SSSR count). The Morgan fingerprint density at radius 1 is 0.889 bits per heavy atom. The number of carbonyl (C=O) groups excluding carboxylic acids is 4. The molecular weight excluding hydrogens is 688 g/mol. The average molecular weight is 729 g/mol. The number of anilines is 2. The van der Waals surface area contributed by atoms with E-state index in [-0.39, 0.29) is 38.1 Å². The van der Waals surface area contributed by atoms with Crippen LogP contribution in [0.2, 0.25) is 0 Å². The molecule has 2 bridgehead atoms. The molecule has 1 aromatic heterocycles. The third-order valence-corrected chi connectivity index (χ3v) is 11.4. The fraction of sp³-hybridized carbons (Fsp3) is 0.317. The van der Waals surface area contributed by atoms with Gasteiger partial charge in [-0.2, -0.15) is 0 Å². The van der Waals surface area contributed by atoms with Gasteiger partial charge in [-0.3, -0.25) is 14.4 Å². The summed E-state index contributed by atoms with van der Waals surface area (Å²) in [6.45, 7) is 0.0916. The number of benzene rings is 3. The van der Waals surface area contributed by atoms with Gasteiger partial charge >= 0.3 is 12.2 Å². The minimum atomic E-state index is -1.08. The van der Waals surface area contributed by atoms with Crippen molar-refractivity contribution in [2.45, 2.75) is 62.8 Å². The molecule has 2 heterocycles. The van der Waals surface area contributed by atoms with Gasteiger partial charge in [-0.05, 0) is 78.1 Å². The summed E-state index contributed by atoms with van der Waals surface area (Å²) in [5.74, 6) is -0.0983. The number of carboxylic acid groups (broad SMARTS) is 1. The third kappa shape index (κ3) is 6.29. The predicted octanol–water partition coefficient (Wildman–Crippen LogP) is 5.00. The number of alkyl carbamates (subject to hydrolysis) is 1. The van der Waals surface area contributed by atoms with Crippen LogP contribution in [-0.2, 0) is 57.1 Å². The molecule has 0 radical (unpaired) electrons. The number of pyridine rings is 1. The standard InChI is InChI=1S/C41H40N6O7/c1-46(38(52)53)19-28-10-5-6-11-29(28)20-47(36(50)39-23-40(24-39,25-39)45-37(51)54-22-26-8-3-2-4-9-26)21-33(48)43-31-14-13-27-17-41(18-30(27)16-31)32-12-7-15-42-34(32)44-35(41)49/h2-16H,17-25H2,1H3,(H,43,48)(H,45,51)(H,52,53)(H,42,44,49)/t39?,40?,41-/m1/s1. The van der Waals surface area contributed by atoms with Gasteiger partial charge < -0.3 is 35.6 Å². The number of hydrogen-bond donors (Lipinski definition) is 4. The van der Waals surface area contributed by atoms with Crippen LogP contribution in [0.3, 0.4) is 0 Å². The lowest BCUT2D eigenvalue weighted by Crippen LogP contribution is -2.78. The molecule has 1 spiro atoms. The van der Waals surface area contributed by atoms with Gasteiger partial charge in [0.1, 0.15) is 19.0 Å². The molecule has 5 amide bonds. The maximum atomic E-state index is 14.3. The van der Waals surface area contributed by atoms with Crippen molar-refractivity contribution < 1.29 is 33.8 Å². The van der Waals surface area contributed by atoms with E-state index in [1.165, 1.54) is 11.9 Å². The normalized spacial score (nSPS) is 22.5. The summed E-state index contributed by atoms with van der Waals surface area (Å²) < 4.78 is 5.42. The highest BCUT2D eigenvalue weighted by Gasteiger charge is 2.73. The first-order chi connectivity index (χ1) is 26.0. The maximum absolute atomic E-state index is 14.3. The van der Waals surface area contributed by atoms with E-state index in [9.17, 15) is 29.1 Å². The zero-order valence-corrected chi connectivity index (χ0v) is 29.8. The molecule has 1 atom stereocenters. The van der Waals surface area contributed by atoms with E-state index in [0.717, 1.165) is 38.3 Å². The smallest absolute Gasteiger partial charge is 0.407 e. The van der Waals surface area contributed by atoms with Crippen LogP contribution < -0.4 is 16.0 Å². The zero-order valence-electron chi connectivity index (χ0n) is 29.8. The summed E-state index contributed by atoms with van der Waals surface area (Å²) in [5.41, 5.74) is 3.72. The van der Waals surface area contributed by atoms with Crippen molar-refractivity contribution in [3.63, 3.8) is 0 Å². The Bertz CT molecular complexity index is 2170. The molecule has 276 valence electrons. The minimum Gasteiger partial charge on any atom is -0.465 e. The van der Waals surface area contributed by atoms with E-state index >= 15 is 0 Å². The number of ether oxygens (including phenoxy) is 1. The van der Waals surface area contributed by atoms with Crippen molar-refractivity contribution in [2.24, 2.45) is 5.41 Å². The largest absolute Gasteiger partial charge is 0.465 e. The van der Waals surface area contributed by atoms with E-state index < -0.39 is 34.5 Å². The number of amides is 5.